The van der Waals surface area contributed by atoms with Crippen molar-refractivity contribution in [2.24, 2.45) is 11.7 Å². The summed E-state index contributed by atoms with van der Waals surface area (Å²) >= 11 is 0. The summed E-state index contributed by atoms with van der Waals surface area (Å²) in [6, 6.07) is 2.17. The molecule has 1 aromatic rings. The Balaban J connectivity index is 2.63. The summed E-state index contributed by atoms with van der Waals surface area (Å²) in [5, 5.41) is 0. The van der Waals surface area contributed by atoms with E-state index in [9.17, 15) is 0 Å². The minimum atomic E-state index is 0.550. The molecule has 0 aliphatic carbocycles. The Bertz CT molecular complexity index is 245. The molecular formula is C10H16N2. The number of aromatic nitrogens is 1. The third-order valence-electron chi connectivity index (χ3n) is 1.92. The van der Waals surface area contributed by atoms with E-state index in [1.807, 2.05) is 12.4 Å². The molecule has 0 spiro atoms. The van der Waals surface area contributed by atoms with Gasteiger partial charge in [-0.2, -0.15) is 0 Å². The molecule has 2 N–H and O–H groups in total. The van der Waals surface area contributed by atoms with E-state index in [1.165, 1.54) is 11.1 Å². The van der Waals surface area contributed by atoms with E-state index >= 15 is 0 Å². The lowest BCUT2D eigenvalue weighted by Crippen LogP contribution is -2.13. The Labute approximate surface area is 73.8 Å². The van der Waals surface area contributed by atoms with Crippen LogP contribution >= 0.6 is 0 Å². The highest BCUT2D eigenvalue weighted by Gasteiger charge is 2.00. The maximum absolute atomic E-state index is 5.54. The average Bonchev–Trinajstić information content (AvgIpc) is 2.04. The van der Waals surface area contributed by atoms with Gasteiger partial charge in [0.05, 0.1) is 0 Å². The second kappa shape index (κ2) is 4.21. The topological polar surface area (TPSA) is 38.9 Å². The molecule has 2 heteroatoms. The first-order chi connectivity index (χ1) is 5.72. The first kappa shape index (κ1) is 9.20. The molecule has 0 amide bonds. The van der Waals surface area contributed by atoms with Gasteiger partial charge in [-0.1, -0.05) is 13.0 Å². The van der Waals surface area contributed by atoms with Crippen LogP contribution in [0, 0.1) is 12.8 Å². The zero-order valence-electron chi connectivity index (χ0n) is 7.75. The van der Waals surface area contributed by atoms with Crippen LogP contribution in [0.25, 0.3) is 0 Å². The zero-order valence-corrected chi connectivity index (χ0v) is 7.75. The maximum Gasteiger partial charge on any atom is 0.0300 e. The Morgan fingerprint density at radius 2 is 2.25 bits per heavy atom. The maximum atomic E-state index is 5.54. The fourth-order valence-electron chi connectivity index (χ4n) is 1.21. The van der Waals surface area contributed by atoms with E-state index in [0.717, 1.165) is 13.0 Å². The molecule has 0 saturated carbocycles. The lowest BCUT2D eigenvalue weighted by molar-refractivity contribution is 0.591. The van der Waals surface area contributed by atoms with Crippen molar-refractivity contribution in [3.05, 3.63) is 29.6 Å². The highest BCUT2D eigenvalue weighted by Crippen LogP contribution is 2.07. The van der Waals surface area contributed by atoms with Crippen molar-refractivity contribution in [3.8, 4) is 0 Å². The molecular weight excluding hydrogens is 148 g/mol. The molecule has 66 valence electrons. The summed E-state index contributed by atoms with van der Waals surface area (Å²) in [7, 11) is 0. The highest BCUT2D eigenvalue weighted by molar-refractivity contribution is 5.16. The van der Waals surface area contributed by atoms with Crippen LogP contribution < -0.4 is 5.73 Å². The zero-order chi connectivity index (χ0) is 8.97. The van der Waals surface area contributed by atoms with E-state index in [2.05, 4.69) is 24.9 Å². The molecule has 0 bridgehead atoms. The lowest BCUT2D eigenvalue weighted by Gasteiger charge is -2.07. The van der Waals surface area contributed by atoms with Crippen molar-refractivity contribution in [2.45, 2.75) is 20.3 Å². The molecule has 1 aromatic heterocycles. The molecule has 1 rings (SSSR count). The van der Waals surface area contributed by atoms with Gasteiger partial charge in [0.15, 0.2) is 0 Å². The van der Waals surface area contributed by atoms with E-state index < -0.39 is 0 Å². The molecule has 0 fully saturated rings. The molecule has 1 heterocycles. The Kier molecular flexibility index (Phi) is 3.23. The van der Waals surface area contributed by atoms with Crippen LogP contribution in [-0.2, 0) is 6.42 Å². The van der Waals surface area contributed by atoms with Crippen LogP contribution in [-0.4, -0.2) is 11.5 Å². The molecule has 12 heavy (non-hydrogen) atoms. The molecule has 2 nitrogen and oxygen atoms in total. The van der Waals surface area contributed by atoms with Crippen LogP contribution in [0.15, 0.2) is 18.5 Å². The monoisotopic (exact) mass is 164 g/mol. The molecule has 0 radical (unpaired) electrons. The SMILES string of the molecule is Cc1cncc(C[C@H](C)CN)c1. The third-order valence-corrected chi connectivity index (χ3v) is 1.92. The molecule has 0 saturated heterocycles. The second-order valence-corrected chi connectivity index (χ2v) is 3.42. The van der Waals surface area contributed by atoms with Gasteiger partial charge in [-0.25, -0.2) is 0 Å². The second-order valence-electron chi connectivity index (χ2n) is 3.42. The van der Waals surface area contributed by atoms with Crippen LogP contribution in [0.4, 0.5) is 0 Å². The Hall–Kier alpha value is -0.890. The molecule has 0 aliphatic heterocycles. The number of nitrogens with zero attached hydrogens (tertiary/aromatic N) is 1. The van der Waals surface area contributed by atoms with Gasteiger partial charge in [0.25, 0.3) is 0 Å². The first-order valence-corrected chi connectivity index (χ1v) is 4.33. The summed E-state index contributed by atoms with van der Waals surface area (Å²) < 4.78 is 0. The Morgan fingerprint density at radius 1 is 1.50 bits per heavy atom. The first-order valence-electron chi connectivity index (χ1n) is 4.33. The fraction of sp³-hybridized carbons (Fsp3) is 0.500. The van der Waals surface area contributed by atoms with E-state index in [1.54, 1.807) is 0 Å². The minimum Gasteiger partial charge on any atom is -0.330 e. The normalized spacial score (nSPS) is 12.9. The van der Waals surface area contributed by atoms with Crippen molar-refractivity contribution >= 4 is 0 Å². The Morgan fingerprint density at radius 3 is 2.83 bits per heavy atom. The molecule has 1 atom stereocenters. The van der Waals surface area contributed by atoms with Crippen molar-refractivity contribution in [3.63, 3.8) is 0 Å². The van der Waals surface area contributed by atoms with Crippen molar-refractivity contribution in [2.75, 3.05) is 6.54 Å². The average molecular weight is 164 g/mol. The number of rotatable bonds is 3. The number of hydrogen-bond donors (Lipinski definition) is 1. The van der Waals surface area contributed by atoms with Crippen molar-refractivity contribution in [1.82, 2.24) is 4.98 Å². The predicted molar refractivity (Wildman–Crippen MR) is 50.9 cm³/mol. The lowest BCUT2D eigenvalue weighted by atomic mass is 10.0. The van der Waals surface area contributed by atoms with Gasteiger partial charge in [-0.3, -0.25) is 4.98 Å². The van der Waals surface area contributed by atoms with Gasteiger partial charge >= 0.3 is 0 Å². The van der Waals surface area contributed by atoms with E-state index in [4.69, 9.17) is 5.73 Å². The largest absolute Gasteiger partial charge is 0.330 e. The standard InChI is InChI=1S/C10H16N2/c1-8(5-11)3-10-4-9(2)6-12-7-10/h4,6-8H,3,5,11H2,1-2H3/t8-/m0/s1. The third kappa shape index (κ3) is 2.62. The van der Waals surface area contributed by atoms with Gasteiger partial charge in [0.1, 0.15) is 0 Å². The predicted octanol–water partition coefficient (Wildman–Crippen LogP) is 1.53. The summed E-state index contributed by atoms with van der Waals surface area (Å²) in [4.78, 5) is 4.13. The van der Waals surface area contributed by atoms with E-state index in [0.29, 0.717) is 5.92 Å². The quantitative estimate of drug-likeness (QED) is 0.735. The van der Waals surface area contributed by atoms with Crippen LogP contribution in [0.1, 0.15) is 18.1 Å². The van der Waals surface area contributed by atoms with Crippen LogP contribution in [0.3, 0.4) is 0 Å². The summed E-state index contributed by atoms with van der Waals surface area (Å²) in [6.45, 7) is 4.96. The highest BCUT2D eigenvalue weighted by atomic mass is 14.6. The summed E-state index contributed by atoms with van der Waals surface area (Å²) in [5.41, 5.74) is 8.04. The number of hydrogen-bond acceptors (Lipinski definition) is 2. The smallest absolute Gasteiger partial charge is 0.0300 e. The molecule has 0 aromatic carbocycles. The fourth-order valence-corrected chi connectivity index (χ4v) is 1.21. The minimum absolute atomic E-state index is 0.550. The van der Waals surface area contributed by atoms with Crippen molar-refractivity contribution < 1.29 is 0 Å². The van der Waals surface area contributed by atoms with Crippen molar-refractivity contribution in [1.29, 1.82) is 0 Å². The van der Waals surface area contributed by atoms with E-state index in [-0.39, 0.29) is 0 Å². The number of aryl methyl sites for hydroxylation is 1. The number of pyridine rings is 1. The molecule has 0 aliphatic rings. The van der Waals surface area contributed by atoms with Crippen LogP contribution in [0.2, 0.25) is 0 Å². The number of nitrogens with two attached hydrogens (primary N) is 1. The van der Waals surface area contributed by atoms with Gasteiger partial charge in [0.2, 0.25) is 0 Å². The summed E-state index contributed by atoms with van der Waals surface area (Å²) in [5.74, 6) is 0.550. The van der Waals surface area contributed by atoms with Gasteiger partial charge in [0, 0.05) is 12.4 Å². The van der Waals surface area contributed by atoms with Crippen LogP contribution in [0.5, 0.6) is 0 Å². The molecule has 0 unspecified atom stereocenters. The summed E-state index contributed by atoms with van der Waals surface area (Å²) in [6.07, 6.45) is 4.82. The van der Waals surface area contributed by atoms with Gasteiger partial charge in [-0.05, 0) is 36.9 Å². The van der Waals surface area contributed by atoms with Gasteiger partial charge in [-0.15, -0.1) is 0 Å². The van der Waals surface area contributed by atoms with Gasteiger partial charge < -0.3 is 5.73 Å².